The number of halogens is 4. The first-order chi connectivity index (χ1) is 13.1. The van der Waals surface area contributed by atoms with E-state index in [9.17, 15) is 26.7 Å². The lowest BCUT2D eigenvalue weighted by atomic mass is 10.1. The smallest absolute Gasteiger partial charge is 0.392 e. The van der Waals surface area contributed by atoms with E-state index in [-0.39, 0.29) is 17.3 Å². The van der Waals surface area contributed by atoms with Crippen molar-refractivity contribution in [2.24, 2.45) is 0 Å². The van der Waals surface area contributed by atoms with Crippen molar-refractivity contribution < 1.29 is 26.7 Å². The molecule has 5 nitrogen and oxygen atoms in total. The number of benzene rings is 2. The van der Waals surface area contributed by atoms with E-state index in [1.54, 1.807) is 23.6 Å². The van der Waals surface area contributed by atoms with Gasteiger partial charge in [0.25, 0.3) is 0 Å². The number of aromatic nitrogens is 1. The Hall–Kier alpha value is -2.14. The summed E-state index contributed by atoms with van der Waals surface area (Å²) < 4.78 is 61.3. The molecule has 0 aliphatic carbocycles. The van der Waals surface area contributed by atoms with Crippen molar-refractivity contribution in [3.63, 3.8) is 0 Å². The topological polar surface area (TPSA) is 79.3 Å². The molecule has 3 rings (SSSR count). The van der Waals surface area contributed by atoms with Gasteiger partial charge in [-0.15, -0.1) is 11.3 Å². The van der Waals surface area contributed by atoms with Crippen molar-refractivity contribution in [2.45, 2.75) is 12.1 Å². The average molecular weight is 449 g/mol. The Labute approximate surface area is 167 Å². The van der Waals surface area contributed by atoms with Crippen LogP contribution in [0.5, 0.6) is 0 Å². The normalized spacial score (nSPS) is 12.2. The van der Waals surface area contributed by atoms with Crippen LogP contribution in [0.3, 0.4) is 0 Å². The second kappa shape index (κ2) is 7.70. The summed E-state index contributed by atoms with van der Waals surface area (Å²) in [5.41, 5.74) is -3.27. The molecular weight excluding hydrogens is 437 g/mol. The van der Waals surface area contributed by atoms with E-state index in [2.05, 4.69) is 4.98 Å². The zero-order valence-electron chi connectivity index (χ0n) is 13.9. The molecule has 0 saturated carbocycles. The molecule has 28 heavy (non-hydrogen) atoms. The Bertz CT molecular complexity index is 1110. The molecule has 0 saturated heterocycles. The number of anilines is 1. The molecule has 0 spiro atoms. The van der Waals surface area contributed by atoms with Gasteiger partial charge in [0.15, 0.2) is 0 Å². The molecule has 0 atom stereocenters. The molecule has 3 aromatic rings. The van der Waals surface area contributed by atoms with Crippen LogP contribution in [0.25, 0.3) is 21.8 Å². The van der Waals surface area contributed by atoms with Gasteiger partial charge in [0.1, 0.15) is 5.01 Å². The summed E-state index contributed by atoms with van der Waals surface area (Å²) in [6.07, 6.45) is 0. The highest BCUT2D eigenvalue weighted by molar-refractivity contribution is 7.93. The minimum Gasteiger partial charge on any atom is -0.392 e. The SMILES string of the molecule is O=S(=O)(Nc1ccc(-c2csc(-c3cccc(CO)c3)n2)c(Cl)c1)C(F)(F)F. The quantitative estimate of drug-likeness (QED) is 0.582. The highest BCUT2D eigenvalue weighted by Crippen LogP contribution is 2.35. The predicted octanol–water partition coefficient (Wildman–Crippen LogP) is 4.88. The molecule has 1 heterocycles. The van der Waals surface area contributed by atoms with Crippen LogP contribution >= 0.6 is 22.9 Å². The summed E-state index contributed by atoms with van der Waals surface area (Å²) in [7, 11) is -5.53. The summed E-state index contributed by atoms with van der Waals surface area (Å²) in [6.45, 7) is -0.104. The second-order valence-corrected chi connectivity index (χ2v) is 8.58. The van der Waals surface area contributed by atoms with Gasteiger partial charge in [0, 0.05) is 16.5 Å². The lowest BCUT2D eigenvalue weighted by molar-refractivity contribution is -0.0429. The zero-order chi connectivity index (χ0) is 20.5. The molecule has 148 valence electrons. The van der Waals surface area contributed by atoms with Gasteiger partial charge < -0.3 is 5.11 Å². The van der Waals surface area contributed by atoms with Crippen molar-refractivity contribution >= 4 is 38.6 Å². The number of thiazole rings is 1. The number of hydrogen-bond acceptors (Lipinski definition) is 5. The fraction of sp³-hybridized carbons (Fsp3) is 0.118. The van der Waals surface area contributed by atoms with E-state index in [1.165, 1.54) is 28.2 Å². The third-order valence-corrected chi connectivity index (χ3v) is 5.98. The van der Waals surface area contributed by atoms with Gasteiger partial charge >= 0.3 is 15.5 Å². The van der Waals surface area contributed by atoms with Crippen LogP contribution in [-0.2, 0) is 16.6 Å². The molecule has 11 heteroatoms. The third-order valence-electron chi connectivity index (χ3n) is 3.66. The molecule has 1 aromatic heterocycles. The highest BCUT2D eigenvalue weighted by Gasteiger charge is 2.46. The van der Waals surface area contributed by atoms with Crippen LogP contribution in [0, 0.1) is 0 Å². The fourth-order valence-electron chi connectivity index (χ4n) is 2.33. The Morgan fingerprint density at radius 2 is 1.93 bits per heavy atom. The summed E-state index contributed by atoms with van der Waals surface area (Å²) in [6, 6.07) is 10.8. The van der Waals surface area contributed by atoms with Crippen molar-refractivity contribution in [2.75, 3.05) is 4.72 Å². The molecule has 0 aliphatic rings. The molecule has 2 aromatic carbocycles. The first-order valence-corrected chi connectivity index (χ1v) is 10.4. The van der Waals surface area contributed by atoms with Gasteiger partial charge in [-0.2, -0.15) is 21.6 Å². The van der Waals surface area contributed by atoms with Crippen LogP contribution < -0.4 is 4.72 Å². The predicted molar refractivity (Wildman–Crippen MR) is 103 cm³/mol. The molecule has 0 aliphatic heterocycles. The molecular formula is C17H12ClF3N2O3S2. The molecule has 0 amide bonds. The van der Waals surface area contributed by atoms with Crippen LogP contribution in [0.4, 0.5) is 18.9 Å². The lowest BCUT2D eigenvalue weighted by Gasteiger charge is -2.11. The Kier molecular flexibility index (Phi) is 5.67. The lowest BCUT2D eigenvalue weighted by Crippen LogP contribution is -2.29. The van der Waals surface area contributed by atoms with Crippen molar-refractivity contribution in [1.82, 2.24) is 4.98 Å². The number of rotatable bonds is 5. The zero-order valence-corrected chi connectivity index (χ0v) is 16.3. The fourth-order valence-corrected chi connectivity index (χ4v) is 3.98. The number of aliphatic hydroxyl groups is 1. The van der Waals surface area contributed by atoms with Crippen molar-refractivity contribution in [3.8, 4) is 21.8 Å². The van der Waals surface area contributed by atoms with Gasteiger partial charge in [0.2, 0.25) is 0 Å². The monoisotopic (exact) mass is 448 g/mol. The van der Waals surface area contributed by atoms with E-state index in [4.69, 9.17) is 11.6 Å². The van der Waals surface area contributed by atoms with E-state index >= 15 is 0 Å². The Balaban J connectivity index is 1.88. The minimum absolute atomic E-state index is 0.0448. The summed E-state index contributed by atoms with van der Waals surface area (Å²) in [5.74, 6) is 0. The van der Waals surface area contributed by atoms with E-state index < -0.39 is 15.5 Å². The summed E-state index contributed by atoms with van der Waals surface area (Å²) >= 11 is 7.46. The third kappa shape index (κ3) is 4.30. The van der Waals surface area contributed by atoms with Crippen LogP contribution in [0.1, 0.15) is 5.56 Å². The van der Waals surface area contributed by atoms with Crippen LogP contribution in [0.15, 0.2) is 47.8 Å². The second-order valence-electron chi connectivity index (χ2n) is 5.64. The maximum atomic E-state index is 12.5. The number of nitrogens with zero attached hydrogens (tertiary/aromatic N) is 1. The number of sulfonamides is 1. The first kappa shape index (κ1) is 20.6. The van der Waals surface area contributed by atoms with E-state index in [0.717, 1.165) is 17.2 Å². The molecule has 0 bridgehead atoms. The number of aliphatic hydroxyl groups excluding tert-OH is 1. The Morgan fingerprint density at radius 1 is 1.18 bits per heavy atom. The van der Waals surface area contributed by atoms with Gasteiger partial charge in [-0.1, -0.05) is 29.8 Å². The summed E-state index contributed by atoms with van der Waals surface area (Å²) in [4.78, 5) is 4.46. The standard InChI is InChI=1S/C17H12ClF3N2O3S2/c18-14-7-12(23-28(25,26)17(19,20)21)4-5-13(14)15-9-27-16(22-15)11-3-1-2-10(6-11)8-24/h1-7,9,23-24H,8H2. The summed E-state index contributed by atoms with van der Waals surface area (Å²) in [5, 5.41) is 11.7. The van der Waals surface area contributed by atoms with Gasteiger partial charge in [-0.25, -0.2) is 4.98 Å². The van der Waals surface area contributed by atoms with Crippen molar-refractivity contribution in [3.05, 3.63) is 58.4 Å². The van der Waals surface area contributed by atoms with Gasteiger partial charge in [0.05, 0.1) is 23.0 Å². The van der Waals surface area contributed by atoms with E-state index in [0.29, 0.717) is 16.3 Å². The van der Waals surface area contributed by atoms with Crippen molar-refractivity contribution in [1.29, 1.82) is 0 Å². The number of alkyl halides is 3. The Morgan fingerprint density at radius 3 is 2.57 bits per heavy atom. The first-order valence-electron chi connectivity index (χ1n) is 7.65. The largest absolute Gasteiger partial charge is 0.516 e. The average Bonchev–Trinajstić information content (AvgIpc) is 3.10. The highest BCUT2D eigenvalue weighted by atomic mass is 35.5. The van der Waals surface area contributed by atoms with Crippen LogP contribution in [0.2, 0.25) is 5.02 Å². The maximum absolute atomic E-state index is 12.5. The molecule has 0 fully saturated rings. The van der Waals surface area contributed by atoms with Crippen LogP contribution in [-0.4, -0.2) is 24.0 Å². The molecule has 2 N–H and O–H groups in total. The van der Waals surface area contributed by atoms with E-state index in [1.807, 2.05) is 6.07 Å². The molecule has 0 unspecified atom stereocenters. The van der Waals surface area contributed by atoms with Gasteiger partial charge in [-0.05, 0) is 29.8 Å². The minimum atomic E-state index is -5.53. The van der Waals surface area contributed by atoms with Gasteiger partial charge in [-0.3, -0.25) is 4.72 Å². The molecule has 0 radical (unpaired) electrons. The number of nitrogens with one attached hydrogen (secondary N) is 1. The maximum Gasteiger partial charge on any atom is 0.516 e. The number of hydrogen-bond donors (Lipinski definition) is 2.